The van der Waals surface area contributed by atoms with Crippen LogP contribution in [-0.4, -0.2) is 67.4 Å². The molecule has 0 spiro atoms. The summed E-state index contributed by atoms with van der Waals surface area (Å²) < 4.78 is 35.8. The second-order valence-corrected chi connectivity index (χ2v) is 12.4. The van der Waals surface area contributed by atoms with E-state index in [1.54, 1.807) is 19.1 Å². The minimum Gasteiger partial charge on any atom is -0.376 e. The van der Waals surface area contributed by atoms with Crippen LogP contribution in [0.4, 0.5) is 0 Å². The van der Waals surface area contributed by atoms with Gasteiger partial charge in [0.05, 0.1) is 31.5 Å². The van der Waals surface area contributed by atoms with E-state index in [9.17, 15) is 33.8 Å². The van der Waals surface area contributed by atoms with Gasteiger partial charge in [-0.15, -0.1) is 0 Å². The first-order chi connectivity index (χ1) is 14.9. The maximum absolute atomic E-state index is 12.2. The summed E-state index contributed by atoms with van der Waals surface area (Å²) in [6.45, 7) is 2.59. The fraction of sp³-hybridized carbons (Fsp3) is 0.550. The van der Waals surface area contributed by atoms with Crippen LogP contribution in [0.5, 0.6) is 0 Å². The van der Waals surface area contributed by atoms with Crippen molar-refractivity contribution in [3.8, 4) is 0 Å². The zero-order chi connectivity index (χ0) is 23.6. The lowest BCUT2D eigenvalue weighted by atomic mass is 9.70. The van der Waals surface area contributed by atoms with Gasteiger partial charge in [0, 0.05) is 12.6 Å². The van der Waals surface area contributed by atoms with Gasteiger partial charge in [0.25, 0.3) is 5.08 Å². The van der Waals surface area contributed by atoms with Crippen LogP contribution in [0.25, 0.3) is 0 Å². The Bertz CT molecular complexity index is 900. The van der Waals surface area contributed by atoms with Gasteiger partial charge in [-0.25, -0.2) is 0 Å². The lowest BCUT2D eigenvalue weighted by molar-refractivity contribution is -0.126. The molecular formula is C20H29NO9P2. The van der Waals surface area contributed by atoms with Crippen molar-refractivity contribution in [2.75, 3.05) is 19.8 Å². The first-order valence-corrected chi connectivity index (χ1v) is 13.4. The summed E-state index contributed by atoms with van der Waals surface area (Å²) in [5, 5.41) is 7.20. The van der Waals surface area contributed by atoms with E-state index >= 15 is 0 Å². The Hall–Kier alpha value is -1.19. The number of nitrogens with zero attached hydrogens (tertiary/aromatic N) is 1. The maximum Gasteiger partial charge on any atom is 0.369 e. The van der Waals surface area contributed by atoms with Gasteiger partial charge in [0.1, 0.15) is 0 Å². The molecule has 10 nitrogen and oxygen atoms in total. The molecule has 4 atom stereocenters. The summed E-state index contributed by atoms with van der Waals surface area (Å²) in [6.07, 6.45) is 3.79. The highest BCUT2D eigenvalue weighted by atomic mass is 31.2. The standard InChI is InChI=1S/C20H29NO9P2/c1-19(8-5-9-21-19)17(13-20(22,31(23,24)25)32(26,27)28)16(18-14-29-10-11-30-18)12-15-6-3-2-4-7-15/h2-9,16-18,22H,10-14H2,1H3,(H2,23,24,25)(H2,26,27,28). The zero-order valence-electron chi connectivity index (χ0n) is 17.6. The Morgan fingerprint density at radius 1 is 1.16 bits per heavy atom. The monoisotopic (exact) mass is 489 g/mol. The lowest BCUT2D eigenvalue weighted by Gasteiger charge is -2.44. The summed E-state index contributed by atoms with van der Waals surface area (Å²) >= 11 is 0. The number of hydrogen-bond acceptors (Lipinski definition) is 6. The van der Waals surface area contributed by atoms with E-state index in [1.165, 1.54) is 6.21 Å². The van der Waals surface area contributed by atoms with Gasteiger partial charge in [-0.1, -0.05) is 36.4 Å². The molecule has 0 amide bonds. The van der Waals surface area contributed by atoms with Crippen molar-refractivity contribution in [3.63, 3.8) is 0 Å². The Morgan fingerprint density at radius 3 is 2.31 bits per heavy atom. The molecule has 0 bridgehead atoms. The van der Waals surface area contributed by atoms with Crippen LogP contribution in [-0.2, 0) is 25.0 Å². The van der Waals surface area contributed by atoms with E-state index in [4.69, 9.17) is 9.47 Å². The average Bonchev–Trinajstić information content (AvgIpc) is 3.17. The van der Waals surface area contributed by atoms with Crippen molar-refractivity contribution < 1.29 is 43.3 Å². The van der Waals surface area contributed by atoms with Crippen molar-refractivity contribution in [1.82, 2.24) is 0 Å². The van der Waals surface area contributed by atoms with Crippen LogP contribution < -0.4 is 0 Å². The Balaban J connectivity index is 2.10. The van der Waals surface area contributed by atoms with Crippen LogP contribution in [0, 0.1) is 11.8 Å². The molecule has 0 aliphatic carbocycles. The topological polar surface area (TPSA) is 166 Å². The summed E-state index contributed by atoms with van der Waals surface area (Å²) in [6, 6.07) is 9.29. The Morgan fingerprint density at radius 2 is 1.81 bits per heavy atom. The van der Waals surface area contributed by atoms with Gasteiger partial charge in [-0.2, -0.15) is 0 Å². The molecule has 3 rings (SSSR count). The van der Waals surface area contributed by atoms with E-state index in [1.807, 2.05) is 30.3 Å². The highest BCUT2D eigenvalue weighted by molar-refractivity contribution is 7.72. The van der Waals surface area contributed by atoms with E-state index in [-0.39, 0.29) is 6.61 Å². The van der Waals surface area contributed by atoms with Gasteiger partial charge >= 0.3 is 15.2 Å². The number of rotatable bonds is 9. The summed E-state index contributed by atoms with van der Waals surface area (Å²) in [5.74, 6) is -1.44. The molecule has 2 aliphatic heterocycles. The molecule has 0 radical (unpaired) electrons. The molecule has 178 valence electrons. The first-order valence-electron chi connectivity index (χ1n) is 10.2. The fourth-order valence-electron chi connectivity index (χ4n) is 4.37. The second kappa shape index (κ2) is 9.58. The molecule has 1 fully saturated rings. The summed E-state index contributed by atoms with van der Waals surface area (Å²) in [5.41, 5.74) is -0.194. The predicted octanol–water partition coefficient (Wildman–Crippen LogP) is 1.67. The molecule has 2 heterocycles. The molecule has 0 saturated carbocycles. The molecule has 5 N–H and O–H groups in total. The normalized spacial score (nSPS) is 26.2. The number of aliphatic imine (C=N–C) groups is 1. The maximum atomic E-state index is 12.2. The van der Waals surface area contributed by atoms with Crippen molar-refractivity contribution in [1.29, 1.82) is 0 Å². The first kappa shape index (κ1) is 25.4. The van der Waals surface area contributed by atoms with Crippen LogP contribution in [0.1, 0.15) is 18.9 Å². The van der Waals surface area contributed by atoms with Gasteiger partial charge in [-0.05, 0) is 36.8 Å². The van der Waals surface area contributed by atoms with Crippen LogP contribution in [0.15, 0.2) is 47.5 Å². The smallest absolute Gasteiger partial charge is 0.369 e. The number of hydrogen-bond donors (Lipinski definition) is 5. The highest BCUT2D eigenvalue weighted by Crippen LogP contribution is 2.70. The molecule has 1 aromatic rings. The number of aliphatic hydroxyl groups is 1. The van der Waals surface area contributed by atoms with Crippen molar-refractivity contribution in [2.45, 2.75) is 36.5 Å². The Labute approximate surface area is 186 Å². The van der Waals surface area contributed by atoms with Gasteiger partial charge < -0.3 is 34.2 Å². The minimum absolute atomic E-state index is 0.196. The highest BCUT2D eigenvalue weighted by Gasteiger charge is 2.62. The van der Waals surface area contributed by atoms with Crippen LogP contribution in [0.2, 0.25) is 0 Å². The van der Waals surface area contributed by atoms with E-state index in [0.29, 0.717) is 19.6 Å². The molecule has 4 unspecified atom stereocenters. The van der Waals surface area contributed by atoms with E-state index in [2.05, 4.69) is 4.99 Å². The number of allylic oxidation sites excluding steroid dienone is 1. The van der Waals surface area contributed by atoms with Crippen LogP contribution >= 0.6 is 15.2 Å². The third-order valence-electron chi connectivity index (χ3n) is 6.20. The van der Waals surface area contributed by atoms with Crippen molar-refractivity contribution >= 4 is 21.4 Å². The third-order valence-corrected chi connectivity index (χ3v) is 9.99. The molecule has 12 heteroatoms. The van der Waals surface area contributed by atoms with Crippen molar-refractivity contribution in [2.24, 2.45) is 16.8 Å². The zero-order valence-corrected chi connectivity index (χ0v) is 19.4. The SMILES string of the molecule is CC1(C(CC(O)(P(=O)(O)O)P(=O)(O)O)C(Cc2ccccc2)C2COCCO2)C=CC=N1. The molecular weight excluding hydrogens is 460 g/mol. The third kappa shape index (κ3) is 5.30. The molecule has 1 aromatic carbocycles. The molecule has 1 saturated heterocycles. The lowest BCUT2D eigenvalue weighted by Crippen LogP contribution is -2.49. The second-order valence-electron chi connectivity index (χ2n) is 8.37. The Kier molecular flexibility index (Phi) is 7.62. The number of benzene rings is 1. The van der Waals surface area contributed by atoms with E-state index in [0.717, 1.165) is 5.56 Å². The molecule has 0 aromatic heterocycles. The predicted molar refractivity (Wildman–Crippen MR) is 117 cm³/mol. The van der Waals surface area contributed by atoms with Gasteiger partial charge in [-0.3, -0.25) is 14.1 Å². The van der Waals surface area contributed by atoms with Gasteiger partial charge in [0.15, 0.2) is 0 Å². The minimum atomic E-state index is -5.65. The molecule has 2 aliphatic rings. The summed E-state index contributed by atoms with van der Waals surface area (Å²) in [7, 11) is -11.3. The molecule has 32 heavy (non-hydrogen) atoms. The average molecular weight is 489 g/mol. The number of ether oxygens (including phenoxy) is 2. The van der Waals surface area contributed by atoms with E-state index < -0.39 is 50.2 Å². The summed E-state index contributed by atoms with van der Waals surface area (Å²) in [4.78, 5) is 43.6. The van der Waals surface area contributed by atoms with Gasteiger partial charge in [0.2, 0.25) is 0 Å². The fourth-order valence-corrected chi connectivity index (χ4v) is 6.60. The van der Waals surface area contributed by atoms with Crippen LogP contribution in [0.3, 0.4) is 0 Å². The largest absolute Gasteiger partial charge is 0.376 e. The van der Waals surface area contributed by atoms with Crippen molar-refractivity contribution in [3.05, 3.63) is 48.0 Å². The quantitative estimate of drug-likeness (QED) is 0.324.